The van der Waals surface area contributed by atoms with Gasteiger partial charge in [-0.1, -0.05) is 174 Å². The minimum Gasteiger partial charge on any atom is -0.330 e. The van der Waals surface area contributed by atoms with Crippen LogP contribution in [-0.2, 0) is 17.8 Å². The number of hydrogen-bond acceptors (Lipinski definition) is 1. The van der Waals surface area contributed by atoms with Crippen molar-refractivity contribution in [1.82, 2.24) is 4.90 Å². The van der Waals surface area contributed by atoms with Crippen molar-refractivity contribution in [1.29, 1.82) is 0 Å². The van der Waals surface area contributed by atoms with Crippen molar-refractivity contribution in [3.63, 3.8) is 0 Å². The molecule has 0 aromatic heterocycles. The zero-order valence-electron chi connectivity index (χ0n) is 26.1. The Balaban J connectivity index is -0.000000852. The summed E-state index contributed by atoms with van der Waals surface area (Å²) >= 11 is 0. The third-order valence-corrected chi connectivity index (χ3v) is 4.95. The van der Waals surface area contributed by atoms with Crippen molar-refractivity contribution in [2.75, 3.05) is 0 Å². The van der Waals surface area contributed by atoms with Crippen molar-refractivity contribution >= 4 is 5.91 Å². The SMILES string of the molecule is CC.CC.CC.CC.CC.CC.O=C1C(Cc2ccccc2)[C@@H](c2ccccc2)N1Cc1ccccc1. The molecule has 3 aromatic carbocycles. The highest BCUT2D eigenvalue weighted by Crippen LogP contribution is 2.42. The Morgan fingerprint density at radius 2 is 0.865 bits per heavy atom. The Morgan fingerprint density at radius 3 is 1.27 bits per heavy atom. The number of carbonyl (C=O) groups excluding carboxylic acids is 1. The van der Waals surface area contributed by atoms with Crippen molar-refractivity contribution < 1.29 is 4.79 Å². The smallest absolute Gasteiger partial charge is 0.229 e. The largest absolute Gasteiger partial charge is 0.330 e. The van der Waals surface area contributed by atoms with Crippen LogP contribution in [0.15, 0.2) is 91.0 Å². The lowest BCUT2D eigenvalue weighted by Crippen LogP contribution is -2.55. The highest BCUT2D eigenvalue weighted by molar-refractivity contribution is 5.87. The second-order valence-electron chi connectivity index (χ2n) is 6.60. The predicted molar refractivity (Wildman–Crippen MR) is 168 cm³/mol. The third kappa shape index (κ3) is 13.3. The summed E-state index contributed by atoms with van der Waals surface area (Å²) in [5.74, 6) is 0.273. The molecule has 3 aromatic rings. The fraction of sp³-hybridized carbons (Fsp3) is 0.457. The van der Waals surface area contributed by atoms with E-state index in [0.717, 1.165) is 6.42 Å². The maximum atomic E-state index is 12.9. The van der Waals surface area contributed by atoms with Gasteiger partial charge in [0.05, 0.1) is 12.0 Å². The van der Waals surface area contributed by atoms with Crippen molar-refractivity contribution in [3.05, 3.63) is 108 Å². The van der Waals surface area contributed by atoms with Gasteiger partial charge in [-0.15, -0.1) is 0 Å². The van der Waals surface area contributed by atoms with Crippen molar-refractivity contribution in [2.24, 2.45) is 5.92 Å². The van der Waals surface area contributed by atoms with Gasteiger partial charge in [-0.05, 0) is 23.1 Å². The molecule has 208 valence electrons. The van der Waals surface area contributed by atoms with E-state index in [2.05, 4.69) is 48.5 Å². The molecule has 1 aliphatic heterocycles. The lowest BCUT2D eigenvalue weighted by atomic mass is 9.78. The Hall–Kier alpha value is -2.87. The number of hydrogen-bond donors (Lipinski definition) is 0. The molecule has 1 unspecified atom stereocenters. The van der Waals surface area contributed by atoms with E-state index >= 15 is 0 Å². The molecule has 4 rings (SSSR count). The van der Waals surface area contributed by atoms with Crippen LogP contribution in [0.1, 0.15) is 106 Å². The molecule has 2 heteroatoms. The van der Waals surface area contributed by atoms with Gasteiger partial charge < -0.3 is 4.90 Å². The normalized spacial score (nSPS) is 14.2. The van der Waals surface area contributed by atoms with E-state index in [4.69, 9.17) is 0 Å². The molecule has 1 heterocycles. The second-order valence-corrected chi connectivity index (χ2v) is 6.60. The monoisotopic (exact) mass is 507 g/mol. The zero-order chi connectivity index (χ0) is 29.1. The van der Waals surface area contributed by atoms with Crippen LogP contribution in [0.2, 0.25) is 0 Å². The van der Waals surface area contributed by atoms with Gasteiger partial charge in [0.2, 0.25) is 5.91 Å². The number of rotatable bonds is 5. The summed E-state index contributed by atoms with van der Waals surface area (Å²) in [6.07, 6.45) is 0.796. The van der Waals surface area contributed by atoms with Crippen LogP contribution in [0.5, 0.6) is 0 Å². The summed E-state index contributed by atoms with van der Waals surface area (Å²) in [5, 5.41) is 0. The molecule has 0 spiro atoms. The summed E-state index contributed by atoms with van der Waals surface area (Å²) in [6, 6.07) is 31.1. The zero-order valence-corrected chi connectivity index (χ0v) is 26.1. The Morgan fingerprint density at radius 1 is 0.514 bits per heavy atom. The lowest BCUT2D eigenvalue weighted by Gasteiger charge is -2.48. The van der Waals surface area contributed by atoms with E-state index < -0.39 is 0 Å². The van der Waals surface area contributed by atoms with Crippen LogP contribution in [0.25, 0.3) is 0 Å². The summed E-state index contributed by atoms with van der Waals surface area (Å²) < 4.78 is 0. The lowest BCUT2D eigenvalue weighted by molar-refractivity contribution is -0.158. The molecule has 0 N–H and O–H groups in total. The number of carbonyl (C=O) groups is 1. The molecule has 2 atom stereocenters. The number of β-lactam (4-membered cyclic amide) rings is 1. The first-order chi connectivity index (χ1) is 18.3. The summed E-state index contributed by atoms with van der Waals surface area (Å²) in [6.45, 7) is 24.7. The summed E-state index contributed by atoms with van der Waals surface area (Å²) in [7, 11) is 0. The fourth-order valence-electron chi connectivity index (χ4n) is 3.71. The van der Waals surface area contributed by atoms with E-state index in [-0.39, 0.29) is 17.9 Å². The van der Waals surface area contributed by atoms with E-state index in [9.17, 15) is 4.79 Å². The van der Waals surface area contributed by atoms with Gasteiger partial charge in [0, 0.05) is 6.54 Å². The van der Waals surface area contributed by atoms with Crippen LogP contribution in [0, 0.1) is 5.92 Å². The molecule has 1 aliphatic rings. The summed E-state index contributed by atoms with van der Waals surface area (Å²) in [5.41, 5.74) is 3.62. The minimum atomic E-state index is 0.0218. The average molecular weight is 508 g/mol. The van der Waals surface area contributed by atoms with Gasteiger partial charge in [-0.2, -0.15) is 0 Å². The second kappa shape index (κ2) is 27.7. The standard InChI is InChI=1S/C23H21NO.6C2H6/c25-23-21(16-18-10-4-1-5-11-18)22(20-14-8-3-9-15-20)24(23)17-19-12-6-2-7-13-19;6*1-2/h1-15,21-22H,16-17H2;6*1-2H3/t21?,22-;;;;;;/m1....../s1. The first kappa shape index (κ1) is 38.7. The minimum absolute atomic E-state index is 0.0218. The molecule has 0 radical (unpaired) electrons. The van der Waals surface area contributed by atoms with Crippen LogP contribution >= 0.6 is 0 Å². The van der Waals surface area contributed by atoms with E-state index in [1.54, 1.807) is 0 Å². The first-order valence-electron chi connectivity index (χ1n) is 14.8. The van der Waals surface area contributed by atoms with E-state index in [1.807, 2.05) is 130 Å². The van der Waals surface area contributed by atoms with Crippen LogP contribution in [-0.4, -0.2) is 10.8 Å². The molecule has 0 bridgehead atoms. The van der Waals surface area contributed by atoms with E-state index in [1.165, 1.54) is 16.7 Å². The van der Waals surface area contributed by atoms with Gasteiger partial charge in [0.1, 0.15) is 0 Å². The molecule has 37 heavy (non-hydrogen) atoms. The molecule has 1 amide bonds. The van der Waals surface area contributed by atoms with Gasteiger partial charge in [0.15, 0.2) is 0 Å². The average Bonchev–Trinajstić information content (AvgIpc) is 3.03. The maximum absolute atomic E-state index is 12.9. The van der Waals surface area contributed by atoms with Gasteiger partial charge in [0.25, 0.3) is 0 Å². The van der Waals surface area contributed by atoms with Crippen molar-refractivity contribution in [2.45, 2.75) is 102 Å². The molecule has 2 nitrogen and oxygen atoms in total. The molecule has 1 fully saturated rings. The quantitative estimate of drug-likeness (QED) is 0.314. The topological polar surface area (TPSA) is 20.3 Å². The molecule has 0 saturated carbocycles. The number of amides is 1. The fourth-order valence-corrected chi connectivity index (χ4v) is 3.71. The summed E-state index contributed by atoms with van der Waals surface area (Å²) in [4.78, 5) is 14.9. The number of likely N-dealkylation sites (tertiary alicyclic amines) is 1. The molecular formula is C35H57NO. The Labute approximate surface area is 231 Å². The van der Waals surface area contributed by atoms with Crippen LogP contribution in [0.3, 0.4) is 0 Å². The first-order valence-corrected chi connectivity index (χ1v) is 14.8. The van der Waals surface area contributed by atoms with Crippen molar-refractivity contribution in [3.8, 4) is 0 Å². The number of benzene rings is 3. The number of nitrogens with zero attached hydrogens (tertiary/aromatic N) is 1. The predicted octanol–water partition coefficient (Wildman–Crippen LogP) is 10.8. The Bertz CT molecular complexity index is 779. The maximum Gasteiger partial charge on any atom is 0.229 e. The Kier molecular flexibility index (Phi) is 29.0. The highest BCUT2D eigenvalue weighted by atomic mass is 16.2. The van der Waals surface area contributed by atoms with E-state index in [0.29, 0.717) is 6.54 Å². The molecule has 0 aliphatic carbocycles. The van der Waals surface area contributed by atoms with Crippen LogP contribution in [0.4, 0.5) is 0 Å². The van der Waals surface area contributed by atoms with Crippen LogP contribution < -0.4 is 0 Å². The highest BCUT2D eigenvalue weighted by Gasteiger charge is 2.47. The van der Waals surface area contributed by atoms with Gasteiger partial charge >= 0.3 is 0 Å². The molecule has 1 saturated heterocycles. The third-order valence-electron chi connectivity index (χ3n) is 4.95. The van der Waals surface area contributed by atoms with Gasteiger partial charge in [-0.3, -0.25) is 4.79 Å². The van der Waals surface area contributed by atoms with Gasteiger partial charge in [-0.25, -0.2) is 0 Å². The molecular weight excluding hydrogens is 450 g/mol.